The number of imide groups is 2. The number of nitrogens with zero attached hydrogens (tertiary/aromatic N) is 2. The second kappa shape index (κ2) is 9.09. The zero-order valence-electron chi connectivity index (χ0n) is 16.8. The average Bonchev–Trinajstić information content (AvgIpc) is 3.17. The van der Waals surface area contributed by atoms with Gasteiger partial charge in [-0.05, 0) is 32.1 Å². The van der Waals surface area contributed by atoms with Crippen LogP contribution in [0.5, 0.6) is 0 Å². The van der Waals surface area contributed by atoms with Crippen molar-refractivity contribution in [3.05, 3.63) is 0 Å². The lowest BCUT2D eigenvalue weighted by Gasteiger charge is -2.37. The zero-order valence-corrected chi connectivity index (χ0v) is 16.8. The molecule has 1 saturated carbocycles. The first-order chi connectivity index (χ1) is 14.2. The van der Waals surface area contributed by atoms with E-state index in [1.54, 1.807) is 6.92 Å². The highest BCUT2D eigenvalue weighted by Crippen LogP contribution is 2.39. The van der Waals surface area contributed by atoms with Gasteiger partial charge in [-0.15, -0.1) is 0 Å². The van der Waals surface area contributed by atoms with Crippen molar-refractivity contribution >= 4 is 29.8 Å². The quantitative estimate of drug-likeness (QED) is 0.392. The topological polar surface area (TPSA) is 140 Å². The molecule has 11 nitrogen and oxygen atoms in total. The van der Waals surface area contributed by atoms with E-state index in [0.29, 0.717) is 48.7 Å². The molecule has 1 unspecified atom stereocenters. The van der Waals surface area contributed by atoms with Gasteiger partial charge in [0.25, 0.3) is 23.6 Å². The summed E-state index contributed by atoms with van der Waals surface area (Å²) < 4.78 is 5.28. The Hall–Kier alpha value is -2.53. The van der Waals surface area contributed by atoms with Crippen molar-refractivity contribution in [3.63, 3.8) is 0 Å². The number of aliphatic hydroxyl groups is 1. The molecule has 2 saturated heterocycles. The Morgan fingerprint density at radius 1 is 0.933 bits per heavy atom. The second-order valence-corrected chi connectivity index (χ2v) is 8.14. The molecule has 0 radical (unpaired) electrons. The van der Waals surface area contributed by atoms with E-state index in [4.69, 9.17) is 14.4 Å². The van der Waals surface area contributed by atoms with Crippen molar-refractivity contribution in [2.24, 2.45) is 5.41 Å². The minimum absolute atomic E-state index is 0.00614. The fourth-order valence-electron chi connectivity index (χ4n) is 3.82. The van der Waals surface area contributed by atoms with Gasteiger partial charge in [0.2, 0.25) is 0 Å². The van der Waals surface area contributed by atoms with Gasteiger partial charge < -0.3 is 9.84 Å². The summed E-state index contributed by atoms with van der Waals surface area (Å²) in [6.07, 6.45) is 0.384. The van der Waals surface area contributed by atoms with Gasteiger partial charge in [-0.1, -0.05) is 18.4 Å². The normalized spacial score (nSPS) is 29.1. The SMILES string of the molecule is C[C@]1(C(O)ON2C(=O)CCC2=O)CCCC[C@@H](OC(=O)ON2C(=O)CCC2=O)CC1. The lowest BCUT2D eigenvalue weighted by molar-refractivity contribution is -0.279. The van der Waals surface area contributed by atoms with Gasteiger partial charge in [-0.25, -0.2) is 9.63 Å². The Kier molecular flexibility index (Phi) is 6.71. The largest absolute Gasteiger partial charge is 0.534 e. The van der Waals surface area contributed by atoms with Gasteiger partial charge in [0.1, 0.15) is 6.10 Å². The molecular weight excluding hydrogens is 400 g/mol. The molecular formula is C19H26N2O9. The Labute approximate surface area is 173 Å². The minimum Gasteiger partial charge on any atom is -0.429 e. The summed E-state index contributed by atoms with van der Waals surface area (Å²) in [6, 6.07) is 0. The van der Waals surface area contributed by atoms with E-state index >= 15 is 0 Å². The monoisotopic (exact) mass is 426 g/mol. The van der Waals surface area contributed by atoms with Crippen molar-refractivity contribution in [2.45, 2.75) is 83.5 Å². The Balaban J connectivity index is 1.54. The molecule has 0 aromatic rings. The van der Waals surface area contributed by atoms with E-state index < -0.39 is 47.6 Å². The third-order valence-electron chi connectivity index (χ3n) is 5.80. The first kappa shape index (κ1) is 22.2. The molecule has 3 rings (SSSR count). The number of hydrogen-bond donors (Lipinski definition) is 1. The van der Waals surface area contributed by atoms with Crippen LogP contribution in [0.1, 0.15) is 71.1 Å². The third-order valence-corrected chi connectivity index (χ3v) is 5.80. The van der Waals surface area contributed by atoms with E-state index in [1.165, 1.54) is 0 Å². The molecule has 166 valence electrons. The molecule has 3 fully saturated rings. The summed E-state index contributed by atoms with van der Waals surface area (Å²) in [5.74, 6) is -2.14. The van der Waals surface area contributed by atoms with E-state index in [2.05, 4.69) is 0 Å². The standard InChI is InChI=1S/C19H26N2O9/c1-19(17(26)29-20-13(22)5-6-14(20)23)10-3-2-4-12(9-11-19)28-18(27)30-21-15(24)7-8-16(21)25/h12,17,26H,2-11H2,1H3/t12-,17?,19+/m1/s1. The smallest absolute Gasteiger partial charge is 0.429 e. The number of hydrogen-bond acceptors (Lipinski definition) is 9. The summed E-state index contributed by atoms with van der Waals surface area (Å²) in [4.78, 5) is 68.6. The molecule has 3 atom stereocenters. The van der Waals surface area contributed by atoms with Crippen molar-refractivity contribution in [1.29, 1.82) is 0 Å². The number of ether oxygens (including phenoxy) is 1. The maximum Gasteiger partial charge on any atom is 0.534 e. The first-order valence-electron chi connectivity index (χ1n) is 10.1. The Morgan fingerprint density at radius 2 is 1.50 bits per heavy atom. The van der Waals surface area contributed by atoms with Crippen LogP contribution in [0.15, 0.2) is 0 Å². The number of hydroxylamine groups is 4. The molecule has 1 N–H and O–H groups in total. The molecule has 11 heteroatoms. The molecule has 0 bridgehead atoms. The highest BCUT2D eigenvalue weighted by atomic mass is 16.8. The number of aliphatic hydroxyl groups excluding tert-OH is 1. The van der Waals surface area contributed by atoms with Crippen LogP contribution in [0, 0.1) is 5.41 Å². The predicted octanol–water partition coefficient (Wildman–Crippen LogP) is 1.33. The lowest BCUT2D eigenvalue weighted by Crippen LogP contribution is -2.43. The summed E-state index contributed by atoms with van der Waals surface area (Å²) >= 11 is 0. The van der Waals surface area contributed by atoms with Crippen LogP contribution in [0.3, 0.4) is 0 Å². The molecule has 2 heterocycles. The van der Waals surface area contributed by atoms with Crippen LogP contribution in [-0.4, -0.2) is 57.4 Å². The van der Waals surface area contributed by atoms with Gasteiger partial charge in [-0.3, -0.25) is 24.0 Å². The highest BCUT2D eigenvalue weighted by molar-refractivity contribution is 6.01. The molecule has 2 aliphatic heterocycles. The fraction of sp³-hybridized carbons (Fsp3) is 0.737. The van der Waals surface area contributed by atoms with Gasteiger partial charge in [0.05, 0.1) is 0 Å². The first-order valence-corrected chi connectivity index (χ1v) is 10.1. The van der Waals surface area contributed by atoms with Crippen molar-refractivity contribution in [1.82, 2.24) is 10.1 Å². The lowest BCUT2D eigenvalue weighted by atomic mass is 9.76. The molecule has 30 heavy (non-hydrogen) atoms. The summed E-state index contributed by atoms with van der Waals surface area (Å²) in [5.41, 5.74) is -0.768. The molecule has 1 aliphatic carbocycles. The summed E-state index contributed by atoms with van der Waals surface area (Å²) in [7, 11) is 0. The highest BCUT2D eigenvalue weighted by Gasteiger charge is 2.41. The van der Waals surface area contributed by atoms with E-state index in [9.17, 15) is 29.1 Å². The number of rotatable bonds is 5. The minimum atomic E-state index is -1.38. The van der Waals surface area contributed by atoms with Crippen molar-refractivity contribution in [2.75, 3.05) is 0 Å². The molecule has 4 amide bonds. The summed E-state index contributed by atoms with van der Waals surface area (Å²) in [5, 5.41) is 11.6. The maximum absolute atomic E-state index is 12.0. The Morgan fingerprint density at radius 3 is 2.10 bits per heavy atom. The van der Waals surface area contributed by atoms with Crippen LogP contribution in [0.25, 0.3) is 0 Å². The molecule has 3 aliphatic rings. The van der Waals surface area contributed by atoms with Gasteiger partial charge in [0.15, 0.2) is 6.29 Å². The number of carbonyl (C=O) groups excluding carboxylic acids is 5. The van der Waals surface area contributed by atoms with Crippen molar-refractivity contribution < 1.29 is 43.5 Å². The Bertz CT molecular complexity index is 708. The number of amides is 4. The van der Waals surface area contributed by atoms with Gasteiger partial charge in [0, 0.05) is 31.1 Å². The van der Waals surface area contributed by atoms with Gasteiger partial charge in [-0.2, -0.15) is 5.06 Å². The van der Waals surface area contributed by atoms with E-state index in [-0.39, 0.29) is 25.7 Å². The van der Waals surface area contributed by atoms with Crippen LogP contribution in [-0.2, 0) is 33.6 Å². The number of carbonyl (C=O) groups is 5. The molecule has 0 spiro atoms. The predicted molar refractivity (Wildman–Crippen MR) is 96.4 cm³/mol. The van der Waals surface area contributed by atoms with Crippen LogP contribution < -0.4 is 0 Å². The summed E-state index contributed by atoms with van der Waals surface area (Å²) in [6.45, 7) is 1.78. The third kappa shape index (κ3) is 4.96. The van der Waals surface area contributed by atoms with Crippen LogP contribution in [0.2, 0.25) is 0 Å². The zero-order chi connectivity index (χ0) is 21.9. The molecule has 0 aromatic heterocycles. The average molecular weight is 426 g/mol. The second-order valence-electron chi connectivity index (χ2n) is 8.14. The molecule has 0 aromatic carbocycles. The van der Waals surface area contributed by atoms with Crippen LogP contribution >= 0.6 is 0 Å². The maximum atomic E-state index is 12.0. The fourth-order valence-corrected chi connectivity index (χ4v) is 3.82. The van der Waals surface area contributed by atoms with Crippen molar-refractivity contribution in [3.8, 4) is 0 Å². The van der Waals surface area contributed by atoms with E-state index in [0.717, 1.165) is 0 Å². The van der Waals surface area contributed by atoms with Crippen LogP contribution in [0.4, 0.5) is 4.79 Å². The van der Waals surface area contributed by atoms with Gasteiger partial charge >= 0.3 is 6.16 Å². The van der Waals surface area contributed by atoms with E-state index in [1.807, 2.05) is 0 Å².